The summed E-state index contributed by atoms with van der Waals surface area (Å²) in [6, 6.07) is 17.5. The first-order valence-electron chi connectivity index (χ1n) is 8.03. The third-order valence-electron chi connectivity index (χ3n) is 4.26. The van der Waals surface area contributed by atoms with E-state index in [9.17, 15) is 4.79 Å². The molecule has 0 unspecified atom stereocenters. The van der Waals surface area contributed by atoms with Crippen LogP contribution in [0.5, 0.6) is 5.75 Å². The molecule has 0 fully saturated rings. The number of hydrogen-bond donors (Lipinski definition) is 2. The van der Waals surface area contributed by atoms with E-state index in [4.69, 9.17) is 4.74 Å². The smallest absolute Gasteiger partial charge is 0.272 e. The molecule has 0 radical (unpaired) electrons. The number of rotatable bonds is 4. The Hall–Kier alpha value is -3.34. The van der Waals surface area contributed by atoms with Gasteiger partial charge in [-0.15, -0.1) is 0 Å². The van der Waals surface area contributed by atoms with Gasteiger partial charge in [-0.25, -0.2) is 4.98 Å². The van der Waals surface area contributed by atoms with Crippen molar-refractivity contribution < 1.29 is 9.53 Å². The van der Waals surface area contributed by atoms with E-state index >= 15 is 0 Å². The summed E-state index contributed by atoms with van der Waals surface area (Å²) in [6.07, 6.45) is 1.67. The van der Waals surface area contributed by atoms with E-state index in [0.717, 1.165) is 33.1 Å². The third kappa shape index (κ3) is 2.80. The normalized spacial score (nSPS) is 10.9. The van der Waals surface area contributed by atoms with Gasteiger partial charge in [0.1, 0.15) is 5.75 Å². The number of hydrogen-bond acceptors (Lipinski definition) is 3. The fraction of sp³-hybridized carbons (Fsp3) is 0.100. The van der Waals surface area contributed by atoms with Crippen LogP contribution >= 0.6 is 0 Å². The van der Waals surface area contributed by atoms with Crippen LogP contribution in [0.3, 0.4) is 0 Å². The molecule has 2 heterocycles. The molecule has 2 aromatic heterocycles. The van der Waals surface area contributed by atoms with Gasteiger partial charge in [-0.2, -0.15) is 0 Å². The number of H-pyrrole nitrogens is 1. The molecule has 0 saturated carbocycles. The number of para-hydroxylation sites is 1. The quantitative estimate of drug-likeness (QED) is 0.600. The van der Waals surface area contributed by atoms with Crippen molar-refractivity contribution in [2.24, 2.45) is 0 Å². The fourth-order valence-corrected chi connectivity index (χ4v) is 2.96. The van der Waals surface area contributed by atoms with Crippen molar-refractivity contribution in [2.75, 3.05) is 7.11 Å². The summed E-state index contributed by atoms with van der Waals surface area (Å²) >= 11 is 0. The van der Waals surface area contributed by atoms with Crippen molar-refractivity contribution >= 4 is 27.7 Å². The Labute approximate surface area is 144 Å². The Morgan fingerprint density at radius 3 is 2.68 bits per heavy atom. The first kappa shape index (κ1) is 15.2. The summed E-state index contributed by atoms with van der Waals surface area (Å²) in [5.74, 6) is 0.590. The van der Waals surface area contributed by atoms with E-state index in [2.05, 4.69) is 15.3 Å². The van der Waals surface area contributed by atoms with Crippen LogP contribution in [-0.4, -0.2) is 23.0 Å². The van der Waals surface area contributed by atoms with E-state index in [1.54, 1.807) is 13.3 Å². The fourth-order valence-electron chi connectivity index (χ4n) is 2.96. The zero-order chi connectivity index (χ0) is 17.2. The molecule has 124 valence electrons. The molecule has 0 aliphatic rings. The number of methoxy groups -OCH3 is 1. The minimum Gasteiger partial charge on any atom is -0.497 e. The number of amides is 1. The highest BCUT2D eigenvalue weighted by Crippen LogP contribution is 2.26. The molecule has 5 nitrogen and oxygen atoms in total. The average molecular weight is 331 g/mol. The van der Waals surface area contributed by atoms with Crippen molar-refractivity contribution in [1.29, 1.82) is 0 Å². The summed E-state index contributed by atoms with van der Waals surface area (Å²) in [5.41, 5.74) is 3.16. The van der Waals surface area contributed by atoms with Gasteiger partial charge in [-0.1, -0.05) is 30.3 Å². The molecule has 0 atom stereocenters. The van der Waals surface area contributed by atoms with E-state index in [1.165, 1.54) is 0 Å². The maximum atomic E-state index is 12.6. The summed E-state index contributed by atoms with van der Waals surface area (Å²) < 4.78 is 5.14. The van der Waals surface area contributed by atoms with Crippen molar-refractivity contribution in [1.82, 2.24) is 15.3 Å². The SMILES string of the molecule is COc1ccc(CNC(=O)c2nccc3c2[nH]c2ccccc23)cc1. The van der Waals surface area contributed by atoms with Gasteiger partial charge in [-0.3, -0.25) is 4.79 Å². The number of aromatic nitrogens is 2. The van der Waals surface area contributed by atoms with Crippen LogP contribution in [0, 0.1) is 0 Å². The van der Waals surface area contributed by atoms with Crippen LogP contribution in [0.25, 0.3) is 21.8 Å². The third-order valence-corrected chi connectivity index (χ3v) is 4.26. The molecule has 5 heteroatoms. The van der Waals surface area contributed by atoms with E-state index < -0.39 is 0 Å². The van der Waals surface area contributed by atoms with Crippen LogP contribution in [0.4, 0.5) is 0 Å². The minimum atomic E-state index is -0.201. The lowest BCUT2D eigenvalue weighted by Gasteiger charge is -2.06. The molecule has 0 aliphatic carbocycles. The lowest BCUT2D eigenvalue weighted by atomic mass is 10.1. The second kappa shape index (κ2) is 6.28. The van der Waals surface area contributed by atoms with Gasteiger partial charge in [0.05, 0.1) is 12.6 Å². The molecular formula is C20H17N3O2. The number of carbonyl (C=O) groups is 1. The lowest BCUT2D eigenvalue weighted by Crippen LogP contribution is -2.24. The van der Waals surface area contributed by atoms with Crippen LogP contribution in [0.1, 0.15) is 16.1 Å². The zero-order valence-corrected chi connectivity index (χ0v) is 13.7. The Morgan fingerprint density at radius 1 is 1.08 bits per heavy atom. The number of benzene rings is 2. The molecule has 1 amide bonds. The highest BCUT2D eigenvalue weighted by Gasteiger charge is 2.14. The van der Waals surface area contributed by atoms with Crippen LogP contribution in [0.2, 0.25) is 0 Å². The highest BCUT2D eigenvalue weighted by molar-refractivity contribution is 6.13. The summed E-state index contributed by atoms with van der Waals surface area (Å²) in [6.45, 7) is 0.432. The number of aromatic amines is 1. The zero-order valence-electron chi connectivity index (χ0n) is 13.7. The summed E-state index contributed by atoms with van der Waals surface area (Å²) in [4.78, 5) is 20.2. The standard InChI is InChI=1S/C20H17N3O2/c1-25-14-8-6-13(7-9-14)12-22-20(24)19-18-16(10-11-21-19)15-4-2-3-5-17(15)23-18/h2-11,23H,12H2,1H3,(H,22,24). The van der Waals surface area contributed by atoms with Gasteiger partial charge in [0.15, 0.2) is 5.69 Å². The number of nitrogens with one attached hydrogen (secondary N) is 2. The van der Waals surface area contributed by atoms with Crippen LogP contribution < -0.4 is 10.1 Å². The first-order valence-corrected chi connectivity index (χ1v) is 8.03. The number of fused-ring (bicyclic) bond motifs is 3. The Morgan fingerprint density at radius 2 is 1.88 bits per heavy atom. The van der Waals surface area contributed by atoms with Crippen LogP contribution in [0.15, 0.2) is 60.8 Å². The topological polar surface area (TPSA) is 67.0 Å². The number of pyridine rings is 1. The molecular weight excluding hydrogens is 314 g/mol. The van der Waals surface area contributed by atoms with Crippen molar-refractivity contribution in [3.05, 3.63) is 72.1 Å². The highest BCUT2D eigenvalue weighted by atomic mass is 16.5. The molecule has 4 rings (SSSR count). The molecule has 0 spiro atoms. The molecule has 25 heavy (non-hydrogen) atoms. The molecule has 2 aromatic carbocycles. The van der Waals surface area contributed by atoms with Gasteiger partial charge in [0, 0.05) is 29.0 Å². The van der Waals surface area contributed by atoms with E-state index in [1.807, 2.05) is 54.6 Å². The minimum absolute atomic E-state index is 0.201. The Balaban J connectivity index is 1.61. The molecule has 0 aliphatic heterocycles. The predicted molar refractivity (Wildman–Crippen MR) is 97.8 cm³/mol. The van der Waals surface area contributed by atoms with Gasteiger partial charge < -0.3 is 15.0 Å². The molecule has 0 bridgehead atoms. The first-order chi connectivity index (χ1) is 12.3. The average Bonchev–Trinajstić information content (AvgIpc) is 3.05. The largest absolute Gasteiger partial charge is 0.497 e. The van der Waals surface area contributed by atoms with E-state index in [-0.39, 0.29) is 5.91 Å². The maximum absolute atomic E-state index is 12.6. The Bertz CT molecular complexity index is 1050. The maximum Gasteiger partial charge on any atom is 0.272 e. The van der Waals surface area contributed by atoms with Crippen molar-refractivity contribution in [3.8, 4) is 5.75 Å². The van der Waals surface area contributed by atoms with Crippen molar-refractivity contribution in [3.63, 3.8) is 0 Å². The number of ether oxygens (including phenoxy) is 1. The second-order valence-corrected chi connectivity index (χ2v) is 5.78. The summed E-state index contributed by atoms with van der Waals surface area (Å²) in [7, 11) is 1.63. The number of carbonyl (C=O) groups excluding carboxylic acids is 1. The monoisotopic (exact) mass is 331 g/mol. The van der Waals surface area contributed by atoms with Gasteiger partial charge in [-0.05, 0) is 29.8 Å². The molecule has 0 saturated heterocycles. The second-order valence-electron chi connectivity index (χ2n) is 5.78. The number of nitrogens with zero attached hydrogens (tertiary/aromatic N) is 1. The predicted octanol–water partition coefficient (Wildman–Crippen LogP) is 3.65. The Kier molecular flexibility index (Phi) is 3.82. The van der Waals surface area contributed by atoms with Crippen LogP contribution in [-0.2, 0) is 6.54 Å². The van der Waals surface area contributed by atoms with E-state index in [0.29, 0.717) is 12.2 Å². The molecule has 2 N–H and O–H groups in total. The van der Waals surface area contributed by atoms with Crippen molar-refractivity contribution in [2.45, 2.75) is 6.54 Å². The van der Waals surface area contributed by atoms with Gasteiger partial charge in [0.2, 0.25) is 0 Å². The summed E-state index contributed by atoms with van der Waals surface area (Å²) in [5, 5.41) is 5.01. The van der Waals surface area contributed by atoms with Gasteiger partial charge >= 0.3 is 0 Å². The lowest BCUT2D eigenvalue weighted by molar-refractivity contribution is 0.0947. The van der Waals surface area contributed by atoms with Gasteiger partial charge in [0.25, 0.3) is 5.91 Å². The molecule has 4 aromatic rings.